The van der Waals surface area contributed by atoms with Gasteiger partial charge in [-0.3, -0.25) is 4.90 Å². The summed E-state index contributed by atoms with van der Waals surface area (Å²) in [6.45, 7) is 8.23. The fourth-order valence-electron chi connectivity index (χ4n) is 4.64. The van der Waals surface area contributed by atoms with Crippen LogP contribution in [0.2, 0.25) is 0 Å². The Morgan fingerprint density at radius 3 is 2.66 bits per heavy atom. The summed E-state index contributed by atoms with van der Waals surface area (Å²) in [5.74, 6) is 1.57. The first-order valence-electron chi connectivity index (χ1n) is 11.5. The summed E-state index contributed by atoms with van der Waals surface area (Å²) in [7, 11) is -3.34. The normalized spacial score (nSPS) is 24.2. The molecule has 2 atom stereocenters. The monoisotopic (exact) mass is 518 g/mol. The lowest BCUT2D eigenvalue weighted by Gasteiger charge is -2.47. The largest absolute Gasteiger partial charge is 0.378 e. The van der Waals surface area contributed by atoms with Crippen LogP contribution < -0.4 is 16.0 Å². The molecule has 0 unspecified atom stereocenters. The lowest BCUT2D eigenvalue weighted by molar-refractivity contribution is 0.0804. The van der Waals surface area contributed by atoms with Crippen molar-refractivity contribution < 1.29 is 13.2 Å². The first-order valence-corrected chi connectivity index (χ1v) is 14.2. The summed E-state index contributed by atoms with van der Waals surface area (Å²) < 4.78 is 32.1. The number of fused-ring (bicyclic) bond motifs is 1. The third-order valence-electron chi connectivity index (χ3n) is 6.80. The third-order valence-corrected chi connectivity index (χ3v) is 9.88. The van der Waals surface area contributed by atoms with Gasteiger partial charge in [0.05, 0.1) is 29.0 Å². The minimum atomic E-state index is -3.34. The standard InChI is InChI=1S/C22H30N8O3S2/c1-14-9-24-13-22(2,35(3,31)32)30(14)12-16-8-17-18(34-16)20(29-4-6-33-7-5-29)28-19(27-17)15-10-25-21(23)26-11-15/h8,10-11,14,24H,4-7,9,12-13H2,1-3H3,(H2,23,25,26)/t14-,22+/m0/s1. The van der Waals surface area contributed by atoms with Gasteiger partial charge >= 0.3 is 0 Å². The molecule has 0 radical (unpaired) electrons. The van der Waals surface area contributed by atoms with Crippen LogP contribution in [0, 0.1) is 0 Å². The van der Waals surface area contributed by atoms with Crippen LogP contribution >= 0.6 is 11.3 Å². The van der Waals surface area contributed by atoms with Crippen LogP contribution in [0.25, 0.3) is 21.6 Å². The van der Waals surface area contributed by atoms with E-state index in [1.807, 2.05) is 6.07 Å². The second-order valence-electron chi connectivity index (χ2n) is 9.28. The Balaban J connectivity index is 1.58. The smallest absolute Gasteiger partial charge is 0.219 e. The van der Waals surface area contributed by atoms with Crippen LogP contribution in [0.5, 0.6) is 0 Å². The molecule has 0 aromatic carbocycles. The van der Waals surface area contributed by atoms with E-state index in [1.165, 1.54) is 6.26 Å². The van der Waals surface area contributed by atoms with Gasteiger partial charge in [-0.15, -0.1) is 11.3 Å². The second-order valence-corrected chi connectivity index (χ2v) is 12.8. The Morgan fingerprint density at radius 1 is 1.26 bits per heavy atom. The summed E-state index contributed by atoms with van der Waals surface area (Å²) in [6, 6.07) is 2.10. The number of hydrogen-bond acceptors (Lipinski definition) is 12. The number of morpholine rings is 1. The van der Waals surface area contributed by atoms with Crippen LogP contribution in [0.3, 0.4) is 0 Å². The molecule has 3 aromatic heterocycles. The summed E-state index contributed by atoms with van der Waals surface area (Å²) in [5, 5.41) is 3.28. The molecule has 35 heavy (non-hydrogen) atoms. The summed E-state index contributed by atoms with van der Waals surface area (Å²) in [5.41, 5.74) is 7.16. The van der Waals surface area contributed by atoms with Crippen LogP contribution in [-0.2, 0) is 21.1 Å². The fourth-order valence-corrected chi connectivity index (χ4v) is 6.79. The average Bonchev–Trinajstić information content (AvgIpc) is 3.24. The van der Waals surface area contributed by atoms with E-state index in [0.29, 0.717) is 37.7 Å². The van der Waals surface area contributed by atoms with Gasteiger partial charge in [-0.25, -0.2) is 28.4 Å². The molecule has 2 saturated heterocycles. The molecular formula is C22H30N8O3S2. The lowest BCUT2D eigenvalue weighted by Crippen LogP contribution is -2.66. The van der Waals surface area contributed by atoms with Crippen molar-refractivity contribution in [1.29, 1.82) is 0 Å². The first-order chi connectivity index (χ1) is 16.7. The summed E-state index contributed by atoms with van der Waals surface area (Å²) in [4.78, 5) is 22.2. The maximum Gasteiger partial charge on any atom is 0.219 e. The zero-order chi connectivity index (χ0) is 24.8. The zero-order valence-corrected chi connectivity index (χ0v) is 21.7. The van der Waals surface area contributed by atoms with Crippen molar-refractivity contribution in [2.75, 3.05) is 56.3 Å². The molecule has 0 bridgehead atoms. The summed E-state index contributed by atoms with van der Waals surface area (Å²) in [6.07, 6.45) is 4.56. The Bertz CT molecular complexity index is 1320. The van der Waals surface area contributed by atoms with Crippen LogP contribution in [0.15, 0.2) is 18.5 Å². The Kier molecular flexibility index (Phi) is 6.38. The SMILES string of the molecule is C[C@H]1CNC[C@@](C)(S(C)(=O)=O)N1Cc1cc2nc(-c3cnc(N)nc3)nc(N3CCOCC3)c2s1. The van der Waals surface area contributed by atoms with E-state index in [4.69, 9.17) is 20.4 Å². The van der Waals surface area contributed by atoms with Gasteiger partial charge in [-0.2, -0.15) is 0 Å². The third kappa shape index (κ3) is 4.58. The number of piperazine rings is 1. The van der Waals surface area contributed by atoms with E-state index in [-0.39, 0.29) is 12.0 Å². The van der Waals surface area contributed by atoms with E-state index < -0.39 is 14.7 Å². The van der Waals surface area contributed by atoms with Crippen molar-refractivity contribution in [2.45, 2.75) is 31.3 Å². The Hall–Kier alpha value is -2.45. The quantitative estimate of drug-likeness (QED) is 0.502. The molecule has 0 saturated carbocycles. The Labute approximate surface area is 208 Å². The van der Waals surface area contributed by atoms with Crippen molar-refractivity contribution in [3.05, 3.63) is 23.3 Å². The minimum absolute atomic E-state index is 0.0565. The number of rotatable bonds is 5. The first kappa shape index (κ1) is 24.3. The highest BCUT2D eigenvalue weighted by Gasteiger charge is 2.46. The molecule has 0 spiro atoms. The number of nitrogens with two attached hydrogens (primary N) is 1. The number of aromatic nitrogens is 4. The van der Waals surface area contributed by atoms with Gasteiger partial charge in [0.2, 0.25) is 5.95 Å². The van der Waals surface area contributed by atoms with Gasteiger partial charge in [-0.1, -0.05) is 0 Å². The summed E-state index contributed by atoms with van der Waals surface area (Å²) >= 11 is 1.62. The molecule has 5 heterocycles. The molecule has 0 amide bonds. The van der Waals surface area contributed by atoms with E-state index in [2.05, 4.69) is 32.0 Å². The molecule has 11 nitrogen and oxygen atoms in total. The highest BCUT2D eigenvalue weighted by atomic mass is 32.2. The molecule has 2 fully saturated rings. The van der Waals surface area contributed by atoms with Crippen LogP contribution in [0.4, 0.5) is 11.8 Å². The van der Waals surface area contributed by atoms with Gasteiger partial charge in [0, 0.05) is 62.3 Å². The number of sulfone groups is 1. The van der Waals surface area contributed by atoms with E-state index in [1.54, 1.807) is 30.7 Å². The Morgan fingerprint density at radius 2 is 1.97 bits per heavy atom. The molecule has 0 aliphatic carbocycles. The van der Waals surface area contributed by atoms with Crippen molar-refractivity contribution in [3.8, 4) is 11.4 Å². The topological polar surface area (TPSA) is 139 Å². The molecule has 5 rings (SSSR count). The number of anilines is 2. The number of thiophene rings is 1. The maximum absolute atomic E-state index is 12.8. The van der Waals surface area contributed by atoms with Crippen LogP contribution in [-0.4, -0.2) is 89.8 Å². The number of hydrogen-bond donors (Lipinski definition) is 2. The van der Waals surface area contributed by atoms with Gasteiger partial charge in [0.25, 0.3) is 0 Å². The van der Waals surface area contributed by atoms with Gasteiger partial charge < -0.3 is 20.7 Å². The van der Waals surface area contributed by atoms with E-state index >= 15 is 0 Å². The number of nitrogens with zero attached hydrogens (tertiary/aromatic N) is 6. The van der Waals surface area contributed by atoms with Crippen LogP contribution in [0.1, 0.15) is 18.7 Å². The fraction of sp³-hybridized carbons (Fsp3) is 0.545. The van der Waals surface area contributed by atoms with Gasteiger partial charge in [0.15, 0.2) is 21.5 Å². The zero-order valence-electron chi connectivity index (χ0n) is 20.1. The molecule has 2 aliphatic heterocycles. The molecular weight excluding hydrogens is 488 g/mol. The van der Waals surface area contributed by atoms with Gasteiger partial charge in [-0.05, 0) is 19.9 Å². The molecule has 3 aromatic rings. The molecule has 188 valence electrons. The van der Waals surface area contributed by atoms with E-state index in [9.17, 15) is 8.42 Å². The van der Waals surface area contributed by atoms with Crippen molar-refractivity contribution >= 4 is 43.2 Å². The van der Waals surface area contributed by atoms with E-state index in [0.717, 1.165) is 40.5 Å². The highest BCUT2D eigenvalue weighted by molar-refractivity contribution is 7.92. The number of nitrogens with one attached hydrogen (secondary N) is 1. The number of nitrogen functional groups attached to an aromatic ring is 1. The minimum Gasteiger partial charge on any atom is -0.378 e. The van der Waals surface area contributed by atoms with Gasteiger partial charge in [0.1, 0.15) is 4.87 Å². The number of ether oxygens (including phenoxy) is 1. The highest BCUT2D eigenvalue weighted by Crippen LogP contribution is 2.37. The van der Waals surface area contributed by atoms with Crippen molar-refractivity contribution in [2.24, 2.45) is 0 Å². The molecule has 13 heteroatoms. The average molecular weight is 519 g/mol. The molecule has 2 aliphatic rings. The predicted molar refractivity (Wildman–Crippen MR) is 137 cm³/mol. The maximum atomic E-state index is 12.8. The molecule has 3 N–H and O–H groups in total. The predicted octanol–water partition coefficient (Wildman–Crippen LogP) is 1.12. The lowest BCUT2D eigenvalue weighted by atomic mass is 10.1. The second kappa shape index (κ2) is 9.21. The van der Waals surface area contributed by atoms with Crippen molar-refractivity contribution in [3.63, 3.8) is 0 Å². The van der Waals surface area contributed by atoms with Crippen molar-refractivity contribution in [1.82, 2.24) is 30.2 Å².